The van der Waals surface area contributed by atoms with E-state index >= 15 is 0 Å². The zero-order valence-electron chi connectivity index (χ0n) is 21.9. The van der Waals surface area contributed by atoms with E-state index in [-0.39, 0.29) is 11.3 Å². The molecular weight excluding hydrogens is 448 g/mol. The highest BCUT2D eigenvalue weighted by molar-refractivity contribution is 6.51. The average molecular weight is 483 g/mol. The number of aliphatic hydroxyl groups excluding tert-OH is 1. The van der Waals surface area contributed by atoms with E-state index in [1.807, 2.05) is 88.4 Å². The normalized spacial score (nSPS) is 17.1. The highest BCUT2D eigenvalue weighted by Gasteiger charge is 2.47. The van der Waals surface area contributed by atoms with Crippen molar-refractivity contribution in [3.05, 3.63) is 99.6 Å². The van der Waals surface area contributed by atoms with Gasteiger partial charge in [-0.3, -0.25) is 14.5 Å². The zero-order valence-corrected chi connectivity index (χ0v) is 21.9. The summed E-state index contributed by atoms with van der Waals surface area (Å²) in [5.74, 6) is -1.44. The van der Waals surface area contributed by atoms with Crippen LogP contribution in [0.2, 0.25) is 0 Å². The topological polar surface area (TPSA) is 60.9 Å². The van der Waals surface area contributed by atoms with Crippen LogP contribution in [0.15, 0.2) is 66.2 Å². The fraction of sp³-hybridized carbons (Fsp3) is 0.290. The van der Waals surface area contributed by atoms with Crippen LogP contribution in [-0.4, -0.2) is 29.9 Å². The molecule has 1 saturated heterocycles. The summed E-state index contributed by atoms with van der Waals surface area (Å²) in [6, 6.07) is 18.7. The molecule has 1 fully saturated rings. The van der Waals surface area contributed by atoms with Crippen molar-refractivity contribution in [2.24, 2.45) is 0 Å². The first-order chi connectivity index (χ1) is 17.2. The number of nitrogens with zero attached hydrogens (tertiary/aromatic N) is 2. The molecule has 1 amide bonds. The molecule has 36 heavy (non-hydrogen) atoms. The summed E-state index contributed by atoms with van der Waals surface area (Å²) < 4.78 is 0. The Kier molecular flexibility index (Phi) is 7.02. The van der Waals surface area contributed by atoms with Gasteiger partial charge in [-0.25, -0.2) is 0 Å². The Labute approximate surface area is 213 Å². The van der Waals surface area contributed by atoms with Gasteiger partial charge in [-0.05, 0) is 88.1 Å². The number of hydrogen-bond donors (Lipinski definition) is 1. The number of rotatable bonds is 6. The third kappa shape index (κ3) is 4.30. The van der Waals surface area contributed by atoms with Crippen molar-refractivity contribution in [2.75, 3.05) is 22.9 Å². The van der Waals surface area contributed by atoms with Crippen LogP contribution in [0.1, 0.15) is 53.3 Å². The minimum atomic E-state index is -0.740. The molecule has 1 unspecified atom stereocenters. The first-order valence-electron chi connectivity index (χ1n) is 12.5. The summed E-state index contributed by atoms with van der Waals surface area (Å²) in [6.45, 7) is 13.7. The van der Waals surface area contributed by atoms with Crippen molar-refractivity contribution in [1.82, 2.24) is 0 Å². The zero-order chi connectivity index (χ0) is 26.1. The lowest BCUT2D eigenvalue weighted by atomic mass is 9.92. The minimum Gasteiger partial charge on any atom is -0.507 e. The molecular formula is C31H34N2O3. The number of anilines is 2. The van der Waals surface area contributed by atoms with E-state index in [4.69, 9.17) is 0 Å². The molecule has 1 atom stereocenters. The molecule has 0 radical (unpaired) electrons. The van der Waals surface area contributed by atoms with Crippen molar-refractivity contribution in [2.45, 2.75) is 47.6 Å². The van der Waals surface area contributed by atoms with Gasteiger partial charge in [0.05, 0.1) is 11.6 Å². The number of Topliss-reactive ketones (excluding diaryl/α,β-unsaturated/α-hetero) is 1. The Morgan fingerprint density at radius 2 is 1.56 bits per heavy atom. The molecule has 0 saturated carbocycles. The van der Waals surface area contributed by atoms with Crippen LogP contribution in [0.5, 0.6) is 0 Å². The maximum absolute atomic E-state index is 13.5. The number of aliphatic hydroxyl groups is 1. The van der Waals surface area contributed by atoms with E-state index in [2.05, 4.69) is 18.7 Å². The number of amides is 1. The number of aryl methyl sites for hydroxylation is 3. The molecule has 3 aromatic carbocycles. The molecule has 0 bridgehead atoms. The van der Waals surface area contributed by atoms with E-state index in [0.29, 0.717) is 11.3 Å². The van der Waals surface area contributed by atoms with E-state index in [1.165, 1.54) is 0 Å². The van der Waals surface area contributed by atoms with Gasteiger partial charge in [-0.1, -0.05) is 42.0 Å². The standard InChI is InChI=1S/C31H34N2O3/c1-7-32(8-2)24-16-14-23(15-17-24)28-27(29(34)25-18-19(3)12-13-21(25)5)30(35)31(36)33(28)26-11-9-10-20(4)22(26)6/h9-18,28,34H,7-8H2,1-6H3/b29-27+. The Morgan fingerprint density at radius 3 is 2.19 bits per heavy atom. The quantitative estimate of drug-likeness (QED) is 0.251. The molecule has 0 aliphatic carbocycles. The number of benzene rings is 3. The van der Waals surface area contributed by atoms with Crippen LogP contribution in [0, 0.1) is 27.7 Å². The molecule has 186 valence electrons. The summed E-state index contributed by atoms with van der Waals surface area (Å²) in [6.07, 6.45) is 0. The summed E-state index contributed by atoms with van der Waals surface area (Å²) in [4.78, 5) is 30.9. The Hall–Kier alpha value is -3.86. The van der Waals surface area contributed by atoms with Gasteiger partial charge in [-0.2, -0.15) is 0 Å². The molecule has 1 aliphatic rings. The second-order valence-electron chi connectivity index (χ2n) is 9.47. The molecule has 0 aromatic heterocycles. The first kappa shape index (κ1) is 25.2. The highest BCUT2D eigenvalue weighted by atomic mass is 16.3. The van der Waals surface area contributed by atoms with Crippen LogP contribution < -0.4 is 9.80 Å². The third-order valence-electron chi connectivity index (χ3n) is 7.27. The lowest BCUT2D eigenvalue weighted by Gasteiger charge is -2.28. The van der Waals surface area contributed by atoms with E-state index in [9.17, 15) is 14.7 Å². The van der Waals surface area contributed by atoms with Crippen molar-refractivity contribution >= 4 is 28.8 Å². The predicted molar refractivity (Wildman–Crippen MR) is 147 cm³/mol. The average Bonchev–Trinajstić information content (AvgIpc) is 3.13. The maximum atomic E-state index is 13.5. The summed E-state index contributed by atoms with van der Waals surface area (Å²) in [5, 5.41) is 11.5. The van der Waals surface area contributed by atoms with Crippen LogP contribution in [0.4, 0.5) is 11.4 Å². The second-order valence-corrected chi connectivity index (χ2v) is 9.47. The number of carbonyl (C=O) groups is 2. The Balaban J connectivity index is 1.96. The molecule has 5 nitrogen and oxygen atoms in total. The van der Waals surface area contributed by atoms with Crippen molar-refractivity contribution in [3.63, 3.8) is 0 Å². The molecule has 0 spiro atoms. The number of ketones is 1. The molecule has 1 heterocycles. The van der Waals surface area contributed by atoms with Gasteiger partial charge in [0.15, 0.2) is 0 Å². The van der Waals surface area contributed by atoms with Crippen molar-refractivity contribution in [3.8, 4) is 0 Å². The number of hydrogen-bond acceptors (Lipinski definition) is 4. The summed E-state index contributed by atoms with van der Waals surface area (Å²) >= 11 is 0. The maximum Gasteiger partial charge on any atom is 0.300 e. The van der Waals surface area contributed by atoms with Gasteiger partial charge in [0.1, 0.15) is 5.76 Å². The SMILES string of the molecule is CCN(CC)c1ccc(C2/C(=C(\O)c3cc(C)ccc3C)C(=O)C(=O)N2c2cccc(C)c2C)cc1. The smallest absolute Gasteiger partial charge is 0.300 e. The van der Waals surface area contributed by atoms with Crippen LogP contribution in [0.3, 0.4) is 0 Å². The lowest BCUT2D eigenvalue weighted by Crippen LogP contribution is -2.30. The molecule has 1 aliphatic heterocycles. The Bertz CT molecular complexity index is 1350. The van der Waals surface area contributed by atoms with Gasteiger partial charge < -0.3 is 10.0 Å². The molecule has 4 rings (SSSR count). The van der Waals surface area contributed by atoms with Gasteiger partial charge in [0, 0.05) is 30.0 Å². The minimum absolute atomic E-state index is 0.116. The van der Waals surface area contributed by atoms with Crippen LogP contribution in [0.25, 0.3) is 5.76 Å². The largest absolute Gasteiger partial charge is 0.507 e. The van der Waals surface area contributed by atoms with E-state index in [0.717, 1.165) is 46.6 Å². The molecule has 5 heteroatoms. The Morgan fingerprint density at radius 1 is 0.889 bits per heavy atom. The second kappa shape index (κ2) is 10.0. The highest BCUT2D eigenvalue weighted by Crippen LogP contribution is 2.44. The van der Waals surface area contributed by atoms with Crippen LogP contribution in [-0.2, 0) is 9.59 Å². The molecule has 3 aromatic rings. The van der Waals surface area contributed by atoms with Crippen molar-refractivity contribution < 1.29 is 14.7 Å². The van der Waals surface area contributed by atoms with Gasteiger partial charge >= 0.3 is 0 Å². The number of carbonyl (C=O) groups excluding carboxylic acids is 2. The first-order valence-corrected chi connectivity index (χ1v) is 12.5. The lowest BCUT2D eigenvalue weighted by molar-refractivity contribution is -0.132. The fourth-order valence-electron chi connectivity index (χ4n) is 4.99. The van der Waals surface area contributed by atoms with Gasteiger partial charge in [0.25, 0.3) is 11.7 Å². The summed E-state index contributed by atoms with van der Waals surface area (Å²) in [7, 11) is 0. The van der Waals surface area contributed by atoms with Gasteiger partial charge in [-0.15, -0.1) is 0 Å². The molecule has 1 N–H and O–H groups in total. The monoisotopic (exact) mass is 482 g/mol. The third-order valence-corrected chi connectivity index (χ3v) is 7.27. The van der Waals surface area contributed by atoms with Gasteiger partial charge in [0.2, 0.25) is 0 Å². The van der Waals surface area contributed by atoms with Crippen LogP contribution >= 0.6 is 0 Å². The summed E-state index contributed by atoms with van der Waals surface area (Å²) in [5.41, 5.74) is 6.96. The van der Waals surface area contributed by atoms with Crippen molar-refractivity contribution in [1.29, 1.82) is 0 Å². The van der Waals surface area contributed by atoms with E-state index < -0.39 is 17.7 Å². The fourth-order valence-corrected chi connectivity index (χ4v) is 4.99. The van der Waals surface area contributed by atoms with E-state index in [1.54, 1.807) is 4.90 Å². The predicted octanol–water partition coefficient (Wildman–Crippen LogP) is 6.39.